The van der Waals surface area contributed by atoms with Gasteiger partial charge in [0.2, 0.25) is 0 Å². The van der Waals surface area contributed by atoms with Gasteiger partial charge in [0.05, 0.1) is 11.3 Å². The molecule has 2 rings (SSSR count). The first-order valence-electron chi connectivity index (χ1n) is 6.43. The lowest BCUT2D eigenvalue weighted by Crippen LogP contribution is -2.39. The third kappa shape index (κ3) is 4.14. The van der Waals surface area contributed by atoms with E-state index in [0.717, 1.165) is 5.69 Å². The van der Waals surface area contributed by atoms with Gasteiger partial charge in [0.1, 0.15) is 6.33 Å². The van der Waals surface area contributed by atoms with E-state index in [1.807, 2.05) is 13.8 Å². The summed E-state index contributed by atoms with van der Waals surface area (Å²) < 4.78 is 0. The normalized spacial score (nSPS) is 15.8. The van der Waals surface area contributed by atoms with Crippen molar-refractivity contribution in [3.63, 3.8) is 0 Å². The molecule has 1 heterocycles. The molecule has 1 aliphatic carbocycles. The standard InChI is InChI=1S/C13H20N4O.ClH/c1-8(2)12-10(5-15-7-17-12)13(18)16-6-11(14)9-3-4-9;/h5,7-9,11H,3-4,6,14H2,1-2H3,(H,16,18);1H. The summed E-state index contributed by atoms with van der Waals surface area (Å²) in [4.78, 5) is 20.2. The second-order valence-electron chi connectivity index (χ2n) is 5.19. The van der Waals surface area contributed by atoms with Gasteiger partial charge in [0.25, 0.3) is 5.91 Å². The van der Waals surface area contributed by atoms with Gasteiger partial charge >= 0.3 is 0 Å². The molecule has 0 aliphatic heterocycles. The van der Waals surface area contributed by atoms with E-state index in [9.17, 15) is 4.79 Å². The maximum Gasteiger partial charge on any atom is 0.254 e. The number of carbonyl (C=O) groups excluding carboxylic acids is 1. The number of nitrogens with zero attached hydrogens (tertiary/aromatic N) is 2. The minimum absolute atomic E-state index is 0. The van der Waals surface area contributed by atoms with E-state index in [1.54, 1.807) is 6.20 Å². The van der Waals surface area contributed by atoms with Crippen molar-refractivity contribution in [2.45, 2.75) is 38.6 Å². The Balaban J connectivity index is 0.00000180. The minimum atomic E-state index is -0.129. The highest BCUT2D eigenvalue weighted by molar-refractivity contribution is 5.95. The van der Waals surface area contributed by atoms with Crippen LogP contribution in [0.1, 0.15) is 48.7 Å². The smallest absolute Gasteiger partial charge is 0.254 e. The van der Waals surface area contributed by atoms with Crippen molar-refractivity contribution in [2.75, 3.05) is 6.54 Å². The van der Waals surface area contributed by atoms with Gasteiger partial charge in [-0.3, -0.25) is 4.79 Å². The molecule has 1 atom stereocenters. The molecule has 106 valence electrons. The largest absolute Gasteiger partial charge is 0.350 e. The lowest BCUT2D eigenvalue weighted by atomic mass is 10.0. The fraction of sp³-hybridized carbons (Fsp3) is 0.615. The summed E-state index contributed by atoms with van der Waals surface area (Å²) in [5, 5.41) is 2.87. The number of amides is 1. The fourth-order valence-corrected chi connectivity index (χ4v) is 1.97. The lowest BCUT2D eigenvalue weighted by molar-refractivity contribution is 0.0948. The summed E-state index contributed by atoms with van der Waals surface area (Å²) in [5.41, 5.74) is 7.29. The zero-order chi connectivity index (χ0) is 13.1. The van der Waals surface area contributed by atoms with Gasteiger partial charge in [-0.2, -0.15) is 0 Å². The highest BCUT2D eigenvalue weighted by Crippen LogP contribution is 2.31. The molecule has 1 aromatic heterocycles. The molecule has 0 bridgehead atoms. The number of nitrogens with one attached hydrogen (secondary N) is 1. The molecule has 0 spiro atoms. The van der Waals surface area contributed by atoms with Crippen LogP contribution in [0.4, 0.5) is 0 Å². The molecule has 1 fully saturated rings. The van der Waals surface area contributed by atoms with Gasteiger partial charge in [0.15, 0.2) is 0 Å². The van der Waals surface area contributed by atoms with E-state index in [2.05, 4.69) is 15.3 Å². The third-order valence-corrected chi connectivity index (χ3v) is 3.26. The van der Waals surface area contributed by atoms with Crippen LogP contribution in [-0.4, -0.2) is 28.5 Å². The summed E-state index contributed by atoms with van der Waals surface area (Å²) in [6.45, 7) is 4.54. The predicted molar refractivity (Wildman–Crippen MR) is 76.4 cm³/mol. The number of halogens is 1. The minimum Gasteiger partial charge on any atom is -0.350 e. The molecule has 1 amide bonds. The highest BCUT2D eigenvalue weighted by Gasteiger charge is 2.28. The summed E-state index contributed by atoms with van der Waals surface area (Å²) >= 11 is 0. The molecule has 1 saturated carbocycles. The molecule has 1 unspecified atom stereocenters. The summed E-state index contributed by atoms with van der Waals surface area (Å²) in [5.74, 6) is 0.656. The SMILES string of the molecule is CC(C)c1ncncc1C(=O)NCC(N)C1CC1.Cl. The second kappa shape index (κ2) is 6.82. The maximum absolute atomic E-state index is 12.1. The van der Waals surface area contributed by atoms with Gasteiger partial charge in [-0.25, -0.2) is 9.97 Å². The van der Waals surface area contributed by atoms with Crippen molar-refractivity contribution in [2.24, 2.45) is 11.7 Å². The Kier molecular flexibility index (Phi) is 5.69. The summed E-state index contributed by atoms with van der Waals surface area (Å²) in [6, 6.07) is 0.0704. The lowest BCUT2D eigenvalue weighted by Gasteiger charge is -2.14. The molecule has 5 nitrogen and oxygen atoms in total. The molecule has 0 radical (unpaired) electrons. The number of hydrogen-bond donors (Lipinski definition) is 2. The molecule has 3 N–H and O–H groups in total. The number of aromatic nitrogens is 2. The van der Waals surface area contributed by atoms with Gasteiger partial charge in [-0.1, -0.05) is 13.8 Å². The van der Waals surface area contributed by atoms with Gasteiger partial charge < -0.3 is 11.1 Å². The average molecular weight is 285 g/mol. The van der Waals surface area contributed by atoms with E-state index in [1.165, 1.54) is 19.2 Å². The molecule has 1 aromatic rings. The first-order chi connectivity index (χ1) is 8.59. The third-order valence-electron chi connectivity index (χ3n) is 3.26. The van der Waals surface area contributed by atoms with Crippen molar-refractivity contribution in [3.8, 4) is 0 Å². The second-order valence-corrected chi connectivity index (χ2v) is 5.19. The fourth-order valence-electron chi connectivity index (χ4n) is 1.97. The van der Waals surface area contributed by atoms with Crippen LogP contribution >= 0.6 is 12.4 Å². The van der Waals surface area contributed by atoms with Crippen molar-refractivity contribution in [3.05, 3.63) is 23.8 Å². The topological polar surface area (TPSA) is 80.9 Å². The van der Waals surface area contributed by atoms with Crippen LogP contribution in [0.25, 0.3) is 0 Å². The maximum atomic E-state index is 12.1. The van der Waals surface area contributed by atoms with Crippen molar-refractivity contribution >= 4 is 18.3 Å². The van der Waals surface area contributed by atoms with E-state index in [4.69, 9.17) is 5.73 Å². The van der Waals surface area contributed by atoms with Gasteiger partial charge in [-0.05, 0) is 24.7 Å². The first-order valence-corrected chi connectivity index (χ1v) is 6.43. The number of carbonyl (C=O) groups is 1. The van der Waals surface area contributed by atoms with Crippen LogP contribution in [0.15, 0.2) is 12.5 Å². The van der Waals surface area contributed by atoms with Gasteiger partial charge in [-0.15, -0.1) is 12.4 Å². The highest BCUT2D eigenvalue weighted by atomic mass is 35.5. The van der Waals surface area contributed by atoms with Crippen LogP contribution in [0.5, 0.6) is 0 Å². The van der Waals surface area contributed by atoms with E-state index < -0.39 is 0 Å². The van der Waals surface area contributed by atoms with Crippen LogP contribution in [0, 0.1) is 5.92 Å². The molecular weight excluding hydrogens is 264 g/mol. The quantitative estimate of drug-likeness (QED) is 0.858. The van der Waals surface area contributed by atoms with Crippen molar-refractivity contribution in [1.82, 2.24) is 15.3 Å². The molecular formula is C13H21ClN4O. The van der Waals surface area contributed by atoms with Crippen LogP contribution in [0.3, 0.4) is 0 Å². The Bertz CT molecular complexity index is 434. The molecule has 19 heavy (non-hydrogen) atoms. The van der Waals surface area contributed by atoms with Crippen molar-refractivity contribution < 1.29 is 4.79 Å². The zero-order valence-corrected chi connectivity index (χ0v) is 12.1. The Morgan fingerprint density at radius 1 is 1.53 bits per heavy atom. The van der Waals surface area contributed by atoms with Crippen molar-refractivity contribution in [1.29, 1.82) is 0 Å². The Labute approximate surface area is 119 Å². The van der Waals surface area contributed by atoms with Gasteiger partial charge in [0, 0.05) is 18.8 Å². The average Bonchev–Trinajstić information content (AvgIpc) is 3.19. The summed E-state index contributed by atoms with van der Waals surface area (Å²) in [6.07, 6.45) is 5.41. The first kappa shape index (κ1) is 15.9. The van der Waals surface area contributed by atoms with E-state index in [-0.39, 0.29) is 30.3 Å². The molecule has 1 aliphatic rings. The zero-order valence-electron chi connectivity index (χ0n) is 11.3. The Morgan fingerprint density at radius 2 is 2.21 bits per heavy atom. The van der Waals surface area contributed by atoms with E-state index in [0.29, 0.717) is 18.0 Å². The number of hydrogen-bond acceptors (Lipinski definition) is 4. The Hall–Kier alpha value is -1.20. The van der Waals surface area contributed by atoms with Crippen LogP contribution in [0.2, 0.25) is 0 Å². The number of rotatable bonds is 5. The number of nitrogens with two attached hydrogens (primary N) is 1. The van der Waals surface area contributed by atoms with Crippen LogP contribution in [-0.2, 0) is 0 Å². The molecule has 0 saturated heterocycles. The Morgan fingerprint density at radius 3 is 2.79 bits per heavy atom. The summed E-state index contributed by atoms with van der Waals surface area (Å²) in [7, 11) is 0. The molecule has 0 aromatic carbocycles. The van der Waals surface area contributed by atoms with E-state index >= 15 is 0 Å². The molecule has 6 heteroatoms. The van der Waals surface area contributed by atoms with Crippen LogP contribution < -0.4 is 11.1 Å². The predicted octanol–water partition coefficient (Wildman–Crippen LogP) is 1.49. The monoisotopic (exact) mass is 284 g/mol.